The van der Waals surface area contributed by atoms with Crippen LogP contribution in [0.5, 0.6) is 5.88 Å². The van der Waals surface area contributed by atoms with E-state index >= 15 is 0 Å². The molecule has 1 aromatic heterocycles. The van der Waals surface area contributed by atoms with E-state index < -0.39 is 0 Å². The van der Waals surface area contributed by atoms with Crippen LogP contribution >= 0.6 is 0 Å². The first-order valence-corrected chi connectivity index (χ1v) is 8.85. The van der Waals surface area contributed by atoms with Crippen LogP contribution in [0.3, 0.4) is 0 Å². The van der Waals surface area contributed by atoms with Gasteiger partial charge in [0.1, 0.15) is 6.61 Å². The summed E-state index contributed by atoms with van der Waals surface area (Å²) in [6.07, 6.45) is 4.46. The summed E-state index contributed by atoms with van der Waals surface area (Å²) in [6, 6.07) is 10.9. The normalized spacial score (nSPS) is 18.8. The van der Waals surface area contributed by atoms with E-state index in [1.807, 2.05) is 0 Å². The monoisotopic (exact) mass is 342 g/mol. The third-order valence-electron chi connectivity index (χ3n) is 4.41. The Kier molecular flexibility index (Phi) is 6.19. The van der Waals surface area contributed by atoms with Gasteiger partial charge in [-0.3, -0.25) is 9.88 Å². The van der Waals surface area contributed by atoms with E-state index in [1.54, 1.807) is 12.4 Å². The molecular weight excluding hydrogens is 316 g/mol. The van der Waals surface area contributed by atoms with Crippen LogP contribution in [0.15, 0.2) is 42.7 Å². The van der Waals surface area contributed by atoms with Crippen LogP contribution in [0, 0.1) is 0 Å². The average Bonchev–Trinajstić information content (AvgIpc) is 2.82. The van der Waals surface area contributed by atoms with Crippen molar-refractivity contribution in [2.45, 2.75) is 25.9 Å². The van der Waals surface area contributed by atoms with Crippen LogP contribution in [-0.4, -0.2) is 58.9 Å². The average molecular weight is 342 g/mol. The highest BCUT2D eigenvalue weighted by Gasteiger charge is 2.23. The van der Waals surface area contributed by atoms with Crippen LogP contribution < -0.4 is 9.64 Å². The lowest BCUT2D eigenvalue weighted by Gasteiger charge is -2.29. The van der Waals surface area contributed by atoms with Crippen molar-refractivity contribution in [2.75, 3.05) is 37.7 Å². The Morgan fingerprint density at radius 1 is 1.20 bits per heavy atom. The maximum Gasteiger partial charge on any atom is 0.234 e. The molecule has 1 fully saturated rings. The Balaban J connectivity index is 1.66. The molecule has 25 heavy (non-hydrogen) atoms. The fraction of sp³-hybridized carbons (Fsp3) is 0.474. The quantitative estimate of drug-likeness (QED) is 0.866. The Bertz CT molecular complexity index is 653. The van der Waals surface area contributed by atoms with Gasteiger partial charge in [0.05, 0.1) is 19.0 Å². The van der Waals surface area contributed by atoms with Gasteiger partial charge in [-0.1, -0.05) is 30.3 Å². The van der Waals surface area contributed by atoms with Gasteiger partial charge in [0, 0.05) is 32.2 Å². The van der Waals surface area contributed by atoms with Gasteiger partial charge in [-0.05, 0) is 18.9 Å². The lowest BCUT2D eigenvalue weighted by Crippen LogP contribution is -2.39. The molecule has 1 aliphatic heterocycles. The van der Waals surface area contributed by atoms with E-state index in [2.05, 4.69) is 57.0 Å². The first kappa shape index (κ1) is 17.6. The number of nitrogens with zero attached hydrogens (tertiary/aromatic N) is 4. The zero-order valence-corrected chi connectivity index (χ0v) is 14.7. The topological polar surface area (TPSA) is 61.7 Å². The summed E-state index contributed by atoms with van der Waals surface area (Å²) in [5.41, 5.74) is 1.35. The number of rotatable bonds is 6. The Morgan fingerprint density at radius 2 is 2.04 bits per heavy atom. The van der Waals surface area contributed by atoms with Crippen molar-refractivity contribution < 1.29 is 9.84 Å². The Morgan fingerprint density at radius 3 is 2.84 bits per heavy atom. The first-order valence-electron chi connectivity index (χ1n) is 8.85. The first-order chi connectivity index (χ1) is 12.3. The summed E-state index contributed by atoms with van der Waals surface area (Å²) in [5, 5.41) is 8.89. The molecule has 134 valence electrons. The second kappa shape index (κ2) is 8.78. The van der Waals surface area contributed by atoms with Crippen LogP contribution in [0.2, 0.25) is 0 Å². The molecule has 2 heterocycles. The third kappa shape index (κ3) is 4.90. The number of anilines is 1. The molecule has 6 heteroatoms. The molecule has 1 N–H and O–H groups in total. The molecule has 0 spiro atoms. The van der Waals surface area contributed by atoms with Crippen LogP contribution in [0.25, 0.3) is 0 Å². The van der Waals surface area contributed by atoms with E-state index in [0.29, 0.717) is 11.9 Å². The van der Waals surface area contributed by atoms with Gasteiger partial charge in [-0.2, -0.15) is 4.98 Å². The minimum atomic E-state index is -0.0273. The van der Waals surface area contributed by atoms with Crippen molar-refractivity contribution >= 4 is 5.82 Å². The van der Waals surface area contributed by atoms with E-state index in [-0.39, 0.29) is 13.2 Å². The molecule has 0 unspecified atom stereocenters. The molecular formula is C19H26N4O2. The zero-order valence-electron chi connectivity index (χ0n) is 14.7. The lowest BCUT2D eigenvalue weighted by molar-refractivity contribution is 0.196. The molecule has 0 aliphatic carbocycles. The van der Waals surface area contributed by atoms with Crippen molar-refractivity contribution in [3.63, 3.8) is 0 Å². The summed E-state index contributed by atoms with van der Waals surface area (Å²) in [4.78, 5) is 13.6. The van der Waals surface area contributed by atoms with Gasteiger partial charge in [0.2, 0.25) is 5.88 Å². The molecule has 0 amide bonds. The predicted molar refractivity (Wildman–Crippen MR) is 97.8 cm³/mol. The van der Waals surface area contributed by atoms with Crippen molar-refractivity contribution in [3.05, 3.63) is 48.3 Å². The minimum Gasteiger partial charge on any atom is -0.474 e. The number of benzene rings is 1. The fourth-order valence-electron chi connectivity index (χ4n) is 3.27. The largest absolute Gasteiger partial charge is 0.474 e. The highest BCUT2D eigenvalue weighted by molar-refractivity contribution is 5.39. The summed E-state index contributed by atoms with van der Waals surface area (Å²) in [7, 11) is 0. The fourth-order valence-corrected chi connectivity index (χ4v) is 3.27. The summed E-state index contributed by atoms with van der Waals surface area (Å²) >= 11 is 0. The molecule has 0 bridgehead atoms. The van der Waals surface area contributed by atoms with Gasteiger partial charge >= 0.3 is 0 Å². The van der Waals surface area contributed by atoms with Crippen molar-refractivity contribution in [1.29, 1.82) is 0 Å². The minimum absolute atomic E-state index is 0.0273. The van der Waals surface area contributed by atoms with Crippen molar-refractivity contribution in [3.8, 4) is 5.88 Å². The maximum atomic E-state index is 8.89. The second-order valence-electron chi connectivity index (χ2n) is 6.40. The molecule has 0 radical (unpaired) electrons. The second-order valence-corrected chi connectivity index (χ2v) is 6.40. The number of ether oxygens (including phenoxy) is 1. The van der Waals surface area contributed by atoms with E-state index in [4.69, 9.17) is 9.84 Å². The van der Waals surface area contributed by atoms with E-state index in [9.17, 15) is 0 Å². The summed E-state index contributed by atoms with van der Waals surface area (Å²) in [5.74, 6) is 1.30. The number of aliphatic hydroxyl groups is 1. The smallest absolute Gasteiger partial charge is 0.234 e. The number of hydrogen-bond acceptors (Lipinski definition) is 6. The van der Waals surface area contributed by atoms with Gasteiger partial charge < -0.3 is 14.7 Å². The highest BCUT2D eigenvalue weighted by atomic mass is 16.5. The highest BCUT2D eigenvalue weighted by Crippen LogP contribution is 2.20. The third-order valence-corrected chi connectivity index (χ3v) is 4.41. The molecule has 2 aromatic rings. The van der Waals surface area contributed by atoms with Gasteiger partial charge in [-0.15, -0.1) is 0 Å². The van der Waals surface area contributed by atoms with Gasteiger partial charge in [0.25, 0.3) is 0 Å². The Hall–Kier alpha value is -2.18. The summed E-state index contributed by atoms with van der Waals surface area (Å²) < 4.78 is 5.39. The molecule has 1 aromatic carbocycles. The maximum absolute atomic E-state index is 8.89. The summed E-state index contributed by atoms with van der Waals surface area (Å²) in [6.45, 7) is 6.42. The number of aliphatic hydroxyl groups excluding tert-OH is 1. The zero-order chi connectivity index (χ0) is 17.5. The van der Waals surface area contributed by atoms with Gasteiger partial charge in [0.15, 0.2) is 5.82 Å². The lowest BCUT2D eigenvalue weighted by atomic mass is 10.2. The SMILES string of the molecule is C[C@H]1CN(Cc2ccccc2)CCCN1c1cncc(OCCO)n1. The molecule has 0 saturated carbocycles. The molecule has 1 saturated heterocycles. The number of aromatic nitrogens is 2. The standard InChI is InChI=1S/C19H26N4O2/c1-16-14-22(15-17-6-3-2-4-7-17)8-5-9-23(16)18-12-20-13-19(21-18)25-11-10-24/h2-4,6-7,12-13,16,24H,5,8-11,14-15H2,1H3/t16-/m0/s1. The van der Waals surface area contributed by atoms with E-state index in [1.165, 1.54) is 5.56 Å². The van der Waals surface area contributed by atoms with E-state index in [0.717, 1.165) is 38.4 Å². The predicted octanol–water partition coefficient (Wildman–Crippen LogP) is 1.95. The molecule has 1 atom stereocenters. The van der Waals surface area contributed by atoms with Crippen molar-refractivity contribution in [2.24, 2.45) is 0 Å². The Labute approximate surface area is 149 Å². The van der Waals surface area contributed by atoms with Crippen LogP contribution in [0.1, 0.15) is 18.9 Å². The van der Waals surface area contributed by atoms with Gasteiger partial charge in [-0.25, -0.2) is 0 Å². The molecule has 6 nitrogen and oxygen atoms in total. The van der Waals surface area contributed by atoms with Crippen LogP contribution in [-0.2, 0) is 6.54 Å². The number of hydrogen-bond donors (Lipinski definition) is 1. The van der Waals surface area contributed by atoms with Crippen LogP contribution in [0.4, 0.5) is 5.82 Å². The van der Waals surface area contributed by atoms with Crippen molar-refractivity contribution in [1.82, 2.24) is 14.9 Å². The molecule has 3 rings (SSSR count). The molecule has 1 aliphatic rings.